The summed E-state index contributed by atoms with van der Waals surface area (Å²) in [6.07, 6.45) is 1.79. The Labute approximate surface area is 186 Å². The van der Waals surface area contributed by atoms with Crippen LogP contribution in [-0.4, -0.2) is 37.2 Å². The summed E-state index contributed by atoms with van der Waals surface area (Å²) in [7, 11) is 1.40. The van der Waals surface area contributed by atoms with Gasteiger partial charge in [0.05, 0.1) is 13.2 Å². The van der Waals surface area contributed by atoms with Crippen molar-refractivity contribution in [3.63, 3.8) is 0 Å². The van der Waals surface area contributed by atoms with Gasteiger partial charge >= 0.3 is 5.97 Å². The van der Waals surface area contributed by atoms with E-state index in [9.17, 15) is 9.18 Å². The Hall–Kier alpha value is -2.54. The van der Waals surface area contributed by atoms with Crippen molar-refractivity contribution in [1.29, 1.82) is 0 Å². The molecule has 1 fully saturated rings. The number of methoxy groups -OCH3 is 1. The lowest BCUT2D eigenvalue weighted by molar-refractivity contribution is -0.0281. The van der Waals surface area contributed by atoms with E-state index in [0.717, 1.165) is 49.2 Å². The van der Waals surface area contributed by atoms with Gasteiger partial charge in [-0.15, -0.1) is 11.3 Å². The predicted molar refractivity (Wildman–Crippen MR) is 120 cm³/mol. The largest absolute Gasteiger partial charge is 0.465 e. The topological polar surface area (TPSA) is 38.8 Å². The van der Waals surface area contributed by atoms with Gasteiger partial charge in [0.15, 0.2) is 0 Å². The number of esters is 1. The van der Waals surface area contributed by atoms with E-state index >= 15 is 0 Å². The van der Waals surface area contributed by atoms with Crippen LogP contribution < -0.4 is 0 Å². The Morgan fingerprint density at radius 1 is 1.10 bits per heavy atom. The fourth-order valence-electron chi connectivity index (χ4n) is 3.94. The molecule has 0 radical (unpaired) electrons. The Morgan fingerprint density at radius 3 is 2.45 bits per heavy atom. The number of nitrogens with zero attached hydrogens (tertiary/aromatic N) is 1. The minimum Gasteiger partial charge on any atom is -0.465 e. The summed E-state index contributed by atoms with van der Waals surface area (Å²) in [5.41, 5.74) is 3.17. The second-order valence-corrected chi connectivity index (χ2v) is 8.68. The molecule has 0 saturated carbocycles. The van der Waals surface area contributed by atoms with Crippen LogP contribution in [0, 0.1) is 5.82 Å². The van der Waals surface area contributed by atoms with E-state index < -0.39 is 0 Å². The highest BCUT2D eigenvalue weighted by atomic mass is 32.1. The number of piperidine rings is 1. The van der Waals surface area contributed by atoms with Crippen molar-refractivity contribution in [2.24, 2.45) is 0 Å². The summed E-state index contributed by atoms with van der Waals surface area (Å²) in [5, 5.41) is 2.02. The molecule has 1 aliphatic heterocycles. The fraction of sp³-hybridized carbons (Fsp3) is 0.320. The number of rotatable bonds is 7. The van der Waals surface area contributed by atoms with Crippen molar-refractivity contribution in [2.45, 2.75) is 31.6 Å². The van der Waals surface area contributed by atoms with Crippen LogP contribution in [0.2, 0.25) is 0 Å². The van der Waals surface area contributed by atoms with Crippen molar-refractivity contribution in [3.8, 4) is 0 Å². The molecule has 1 unspecified atom stereocenters. The number of hydrogen-bond acceptors (Lipinski definition) is 5. The zero-order valence-corrected chi connectivity index (χ0v) is 18.3. The van der Waals surface area contributed by atoms with Gasteiger partial charge in [0, 0.05) is 19.6 Å². The minimum atomic E-state index is -0.281. The SMILES string of the molecule is COC(=O)c1cc(CN2CCC(OC(c3ccccc3)c3ccc(F)cc3)CC2)cs1. The summed E-state index contributed by atoms with van der Waals surface area (Å²) >= 11 is 1.42. The zero-order chi connectivity index (χ0) is 21.6. The van der Waals surface area contributed by atoms with Crippen molar-refractivity contribution < 1.29 is 18.7 Å². The maximum Gasteiger partial charge on any atom is 0.348 e. The average Bonchev–Trinajstić information content (AvgIpc) is 3.28. The summed E-state index contributed by atoms with van der Waals surface area (Å²) < 4.78 is 24.8. The van der Waals surface area contributed by atoms with Gasteiger partial charge in [-0.25, -0.2) is 9.18 Å². The molecule has 31 heavy (non-hydrogen) atoms. The van der Waals surface area contributed by atoms with Crippen LogP contribution in [0.5, 0.6) is 0 Å². The molecule has 6 heteroatoms. The van der Waals surface area contributed by atoms with Gasteiger partial charge < -0.3 is 9.47 Å². The Bertz CT molecular complexity index is 982. The van der Waals surface area contributed by atoms with E-state index in [1.54, 1.807) is 12.1 Å². The first-order valence-electron chi connectivity index (χ1n) is 10.5. The van der Waals surface area contributed by atoms with Crippen LogP contribution in [0.3, 0.4) is 0 Å². The molecular weight excluding hydrogens is 413 g/mol. The molecule has 2 aromatic carbocycles. The number of ether oxygens (including phenoxy) is 2. The smallest absolute Gasteiger partial charge is 0.348 e. The predicted octanol–water partition coefficient (Wildman–Crippen LogP) is 5.44. The Balaban J connectivity index is 1.37. The van der Waals surface area contributed by atoms with Gasteiger partial charge in [0.1, 0.15) is 16.8 Å². The van der Waals surface area contributed by atoms with E-state index in [4.69, 9.17) is 9.47 Å². The summed E-state index contributed by atoms with van der Waals surface area (Å²) in [6.45, 7) is 2.68. The second-order valence-electron chi connectivity index (χ2n) is 7.76. The minimum absolute atomic E-state index is 0.139. The van der Waals surface area contributed by atoms with E-state index in [1.165, 1.54) is 30.6 Å². The van der Waals surface area contributed by atoms with Gasteiger partial charge in [-0.1, -0.05) is 42.5 Å². The molecule has 1 saturated heterocycles. The average molecular weight is 440 g/mol. The third kappa shape index (κ3) is 5.58. The molecular formula is C25H26FNO3S. The van der Waals surface area contributed by atoms with Crippen molar-refractivity contribution in [3.05, 3.63) is 93.4 Å². The van der Waals surface area contributed by atoms with Crippen LogP contribution in [0.25, 0.3) is 0 Å². The molecule has 2 heterocycles. The molecule has 162 valence electrons. The lowest BCUT2D eigenvalue weighted by Crippen LogP contribution is -2.37. The molecule has 3 aromatic rings. The quantitative estimate of drug-likeness (QED) is 0.459. The number of carbonyl (C=O) groups is 1. The first-order chi connectivity index (χ1) is 15.1. The maximum atomic E-state index is 13.4. The Kier molecular flexibility index (Phi) is 7.12. The lowest BCUT2D eigenvalue weighted by Gasteiger charge is -2.34. The normalized spacial score (nSPS) is 16.2. The molecule has 0 N–H and O–H groups in total. The summed E-state index contributed by atoms with van der Waals surface area (Å²) in [5.74, 6) is -0.524. The summed E-state index contributed by atoms with van der Waals surface area (Å²) in [6, 6.07) is 18.6. The molecule has 0 bridgehead atoms. The number of benzene rings is 2. The molecule has 1 aliphatic rings. The third-order valence-electron chi connectivity index (χ3n) is 5.58. The number of likely N-dealkylation sites (tertiary alicyclic amines) is 1. The van der Waals surface area contributed by atoms with Gasteiger partial charge in [-0.2, -0.15) is 0 Å². The summed E-state index contributed by atoms with van der Waals surface area (Å²) in [4.78, 5) is 14.7. The van der Waals surface area contributed by atoms with Gasteiger partial charge in [0.25, 0.3) is 0 Å². The third-order valence-corrected chi connectivity index (χ3v) is 6.54. The van der Waals surface area contributed by atoms with Gasteiger partial charge in [-0.3, -0.25) is 4.90 Å². The fourth-order valence-corrected chi connectivity index (χ4v) is 4.76. The van der Waals surface area contributed by atoms with E-state index in [0.29, 0.717) is 4.88 Å². The van der Waals surface area contributed by atoms with Crippen molar-refractivity contribution >= 4 is 17.3 Å². The van der Waals surface area contributed by atoms with E-state index in [-0.39, 0.29) is 24.0 Å². The zero-order valence-electron chi connectivity index (χ0n) is 17.5. The molecule has 1 aromatic heterocycles. The number of halogens is 1. The standard InChI is InChI=1S/C25H26FNO3S/c1-29-25(28)23-15-18(17-31-23)16-27-13-11-22(12-14-27)30-24(19-5-3-2-4-6-19)20-7-9-21(26)10-8-20/h2-10,15,17,22,24H,11-14,16H2,1H3. The molecule has 4 rings (SSSR count). The first kappa shape index (κ1) is 21.7. The number of thiophene rings is 1. The van der Waals surface area contributed by atoms with Gasteiger partial charge in [0.2, 0.25) is 0 Å². The van der Waals surface area contributed by atoms with E-state index in [1.807, 2.05) is 29.6 Å². The molecule has 0 spiro atoms. The lowest BCUT2D eigenvalue weighted by atomic mass is 10.00. The Morgan fingerprint density at radius 2 is 1.77 bits per heavy atom. The maximum absolute atomic E-state index is 13.4. The molecule has 0 amide bonds. The molecule has 0 aliphatic carbocycles. The number of hydrogen-bond donors (Lipinski definition) is 0. The van der Waals surface area contributed by atoms with Gasteiger partial charge in [-0.05, 0) is 53.1 Å². The molecule has 4 nitrogen and oxygen atoms in total. The number of carbonyl (C=O) groups excluding carboxylic acids is 1. The molecule has 1 atom stereocenters. The highest BCUT2D eigenvalue weighted by molar-refractivity contribution is 7.12. The van der Waals surface area contributed by atoms with Crippen LogP contribution in [-0.2, 0) is 16.0 Å². The first-order valence-corrected chi connectivity index (χ1v) is 11.3. The van der Waals surface area contributed by atoms with Crippen molar-refractivity contribution in [1.82, 2.24) is 4.90 Å². The highest BCUT2D eigenvalue weighted by Crippen LogP contribution is 2.30. The van der Waals surface area contributed by atoms with Crippen LogP contribution in [0.4, 0.5) is 4.39 Å². The van der Waals surface area contributed by atoms with Crippen LogP contribution in [0.15, 0.2) is 66.0 Å². The van der Waals surface area contributed by atoms with Crippen LogP contribution in [0.1, 0.15) is 45.3 Å². The van der Waals surface area contributed by atoms with Crippen LogP contribution >= 0.6 is 11.3 Å². The van der Waals surface area contributed by atoms with Crippen molar-refractivity contribution in [2.75, 3.05) is 20.2 Å². The highest BCUT2D eigenvalue weighted by Gasteiger charge is 2.25. The monoisotopic (exact) mass is 439 g/mol. The van der Waals surface area contributed by atoms with E-state index in [2.05, 4.69) is 17.0 Å². The second kappa shape index (κ2) is 10.2.